The zero-order valence-corrected chi connectivity index (χ0v) is 15.2. The number of aryl methyl sites for hydroxylation is 1. The number of hydrogen-bond donors (Lipinski definition) is 1. The highest BCUT2D eigenvalue weighted by Gasteiger charge is 2.43. The zero-order chi connectivity index (χ0) is 17.6. The second kappa shape index (κ2) is 5.96. The van der Waals surface area contributed by atoms with Gasteiger partial charge in [0.1, 0.15) is 5.60 Å². The number of ether oxygens (including phenoxy) is 1. The van der Waals surface area contributed by atoms with E-state index in [-0.39, 0.29) is 24.0 Å². The number of fused-ring (bicyclic) bond motifs is 3. The topological polar surface area (TPSA) is 58.6 Å². The van der Waals surface area contributed by atoms with Gasteiger partial charge in [0.2, 0.25) is 0 Å². The normalized spacial score (nSPS) is 22.7. The van der Waals surface area contributed by atoms with E-state index in [2.05, 4.69) is 18.3 Å². The van der Waals surface area contributed by atoms with Crippen molar-refractivity contribution in [1.82, 2.24) is 10.2 Å². The first-order valence-corrected chi connectivity index (χ1v) is 8.68. The van der Waals surface area contributed by atoms with Crippen LogP contribution >= 0.6 is 11.6 Å². The van der Waals surface area contributed by atoms with Crippen LogP contribution in [0, 0.1) is 0 Å². The van der Waals surface area contributed by atoms with Crippen molar-refractivity contribution in [3.05, 3.63) is 33.8 Å². The molecule has 130 valence electrons. The monoisotopic (exact) mass is 350 g/mol. The van der Waals surface area contributed by atoms with Gasteiger partial charge < -0.3 is 15.0 Å². The molecule has 1 N–H and O–H groups in total. The van der Waals surface area contributed by atoms with Crippen LogP contribution in [0.2, 0.25) is 5.02 Å². The summed E-state index contributed by atoms with van der Waals surface area (Å²) in [6.45, 7) is 8.57. The predicted molar refractivity (Wildman–Crippen MR) is 92.6 cm³/mol. The molecule has 2 amide bonds. The summed E-state index contributed by atoms with van der Waals surface area (Å²) in [7, 11) is 0. The summed E-state index contributed by atoms with van der Waals surface area (Å²) in [4.78, 5) is 26.4. The lowest BCUT2D eigenvalue weighted by atomic mass is 9.85. The first-order chi connectivity index (χ1) is 11.2. The molecule has 5 nitrogen and oxygen atoms in total. The van der Waals surface area contributed by atoms with Crippen molar-refractivity contribution < 1.29 is 14.3 Å². The van der Waals surface area contributed by atoms with Crippen LogP contribution in [-0.2, 0) is 11.2 Å². The Kier molecular flexibility index (Phi) is 4.24. The third-order valence-electron chi connectivity index (χ3n) is 4.50. The molecule has 0 spiro atoms. The summed E-state index contributed by atoms with van der Waals surface area (Å²) in [5, 5.41) is 3.47. The molecule has 0 unspecified atom stereocenters. The highest BCUT2D eigenvalue weighted by atomic mass is 35.5. The maximum Gasteiger partial charge on any atom is 0.410 e. The van der Waals surface area contributed by atoms with E-state index in [1.165, 1.54) is 0 Å². The van der Waals surface area contributed by atoms with Crippen LogP contribution in [-0.4, -0.2) is 41.6 Å². The van der Waals surface area contributed by atoms with Crippen LogP contribution in [0.1, 0.15) is 55.1 Å². The number of halogens is 1. The second-order valence-corrected chi connectivity index (χ2v) is 7.87. The molecule has 6 heteroatoms. The summed E-state index contributed by atoms with van der Waals surface area (Å²) in [6, 6.07) is 3.80. The Morgan fingerprint density at radius 1 is 1.38 bits per heavy atom. The van der Waals surface area contributed by atoms with Crippen molar-refractivity contribution in [2.24, 2.45) is 0 Å². The minimum atomic E-state index is -0.537. The molecule has 2 atom stereocenters. The van der Waals surface area contributed by atoms with Gasteiger partial charge in [0.05, 0.1) is 16.6 Å². The third kappa shape index (κ3) is 3.09. The number of nitrogens with one attached hydrogen (secondary N) is 1. The molecule has 1 saturated heterocycles. The summed E-state index contributed by atoms with van der Waals surface area (Å²) in [5.41, 5.74) is 2.05. The number of carbonyl (C=O) groups is 2. The highest BCUT2D eigenvalue weighted by Crippen LogP contribution is 2.38. The predicted octanol–water partition coefficient (Wildman–Crippen LogP) is 3.35. The van der Waals surface area contributed by atoms with E-state index in [9.17, 15) is 9.59 Å². The minimum Gasteiger partial charge on any atom is -0.444 e. The van der Waals surface area contributed by atoms with Gasteiger partial charge in [-0.2, -0.15) is 0 Å². The molecule has 24 heavy (non-hydrogen) atoms. The van der Waals surface area contributed by atoms with E-state index in [0.717, 1.165) is 17.5 Å². The lowest BCUT2D eigenvalue weighted by molar-refractivity contribution is 0.0288. The molecular formula is C18H23ClN2O3. The minimum absolute atomic E-state index is 0.0502. The molecule has 2 aliphatic rings. The maximum atomic E-state index is 12.4. The van der Waals surface area contributed by atoms with E-state index >= 15 is 0 Å². The summed E-state index contributed by atoms with van der Waals surface area (Å²) in [6.07, 6.45) is 0.507. The van der Waals surface area contributed by atoms with Gasteiger partial charge in [0.15, 0.2) is 0 Å². The average Bonchev–Trinajstić information content (AvgIpc) is 2.89. The molecule has 3 rings (SSSR count). The van der Waals surface area contributed by atoms with Gasteiger partial charge in [-0.15, -0.1) is 0 Å². The Balaban J connectivity index is 1.90. The number of likely N-dealkylation sites (tertiary alicyclic amines) is 1. The maximum absolute atomic E-state index is 12.4. The molecule has 0 saturated carbocycles. The van der Waals surface area contributed by atoms with Gasteiger partial charge in [-0.3, -0.25) is 4.79 Å². The Hall–Kier alpha value is -1.75. The van der Waals surface area contributed by atoms with E-state index in [0.29, 0.717) is 23.7 Å². The molecular weight excluding hydrogens is 328 g/mol. The van der Waals surface area contributed by atoms with Crippen LogP contribution in [0.4, 0.5) is 4.79 Å². The zero-order valence-electron chi connectivity index (χ0n) is 14.5. The van der Waals surface area contributed by atoms with E-state index in [4.69, 9.17) is 16.3 Å². The quantitative estimate of drug-likeness (QED) is 0.845. The fourth-order valence-electron chi connectivity index (χ4n) is 3.40. The van der Waals surface area contributed by atoms with E-state index in [1.807, 2.05) is 26.8 Å². The molecule has 1 aromatic carbocycles. The molecule has 2 heterocycles. The summed E-state index contributed by atoms with van der Waals surface area (Å²) in [5.74, 6) is -0.112. The van der Waals surface area contributed by atoms with Crippen molar-refractivity contribution in [2.45, 2.75) is 51.7 Å². The Labute approximate surface area is 147 Å². The molecule has 1 aromatic rings. The van der Waals surface area contributed by atoms with Crippen LogP contribution in [0.3, 0.4) is 0 Å². The lowest BCUT2D eigenvalue weighted by Gasteiger charge is -2.28. The highest BCUT2D eigenvalue weighted by molar-refractivity contribution is 6.34. The van der Waals surface area contributed by atoms with Crippen LogP contribution in [0.15, 0.2) is 12.1 Å². The molecule has 1 fully saturated rings. The third-order valence-corrected chi connectivity index (χ3v) is 4.80. The smallest absolute Gasteiger partial charge is 0.410 e. The molecule has 0 aliphatic carbocycles. The lowest BCUT2D eigenvalue weighted by Crippen LogP contribution is -2.45. The van der Waals surface area contributed by atoms with Gasteiger partial charge >= 0.3 is 6.09 Å². The Bertz CT molecular complexity index is 696. The number of hydrogen-bond acceptors (Lipinski definition) is 3. The SMILES string of the molecule is CCc1cc(Cl)c2c(c1)[C@H]1CN(C(=O)OC(C)(C)C)C[C@@H]1NC2=O. The van der Waals surface area contributed by atoms with Crippen LogP contribution in [0.25, 0.3) is 0 Å². The number of amides is 2. The van der Waals surface area contributed by atoms with Crippen molar-refractivity contribution in [3.63, 3.8) is 0 Å². The van der Waals surface area contributed by atoms with Gasteiger partial charge in [0, 0.05) is 19.0 Å². The number of nitrogens with zero attached hydrogens (tertiary/aromatic N) is 1. The first kappa shape index (κ1) is 17.1. The van der Waals surface area contributed by atoms with Crippen LogP contribution < -0.4 is 5.32 Å². The van der Waals surface area contributed by atoms with Crippen molar-refractivity contribution >= 4 is 23.6 Å². The molecule has 0 radical (unpaired) electrons. The average molecular weight is 351 g/mol. The van der Waals surface area contributed by atoms with Crippen molar-refractivity contribution in [1.29, 1.82) is 0 Å². The Morgan fingerprint density at radius 2 is 2.08 bits per heavy atom. The first-order valence-electron chi connectivity index (χ1n) is 8.30. The largest absolute Gasteiger partial charge is 0.444 e. The van der Waals surface area contributed by atoms with Crippen molar-refractivity contribution in [3.8, 4) is 0 Å². The molecule has 0 aromatic heterocycles. The van der Waals surface area contributed by atoms with Gasteiger partial charge in [-0.05, 0) is 44.4 Å². The van der Waals surface area contributed by atoms with E-state index < -0.39 is 5.60 Å². The fraction of sp³-hybridized carbons (Fsp3) is 0.556. The molecule has 2 aliphatic heterocycles. The van der Waals surface area contributed by atoms with Gasteiger partial charge in [-0.1, -0.05) is 24.6 Å². The number of benzene rings is 1. The standard InChI is InChI=1S/C18H23ClN2O3/c1-5-10-6-11-12-8-21(17(23)24-18(2,3)4)9-14(12)20-16(22)15(11)13(19)7-10/h6-7,12,14H,5,8-9H2,1-4H3,(H,20,22)/t12-,14+/m1/s1. The van der Waals surface area contributed by atoms with E-state index in [1.54, 1.807) is 4.90 Å². The number of carbonyl (C=O) groups excluding carboxylic acids is 2. The number of rotatable bonds is 1. The summed E-state index contributed by atoms with van der Waals surface area (Å²) >= 11 is 6.33. The van der Waals surface area contributed by atoms with Gasteiger partial charge in [0.25, 0.3) is 5.91 Å². The summed E-state index contributed by atoms with van der Waals surface area (Å²) < 4.78 is 5.46. The fourth-order valence-corrected chi connectivity index (χ4v) is 3.74. The Morgan fingerprint density at radius 3 is 2.71 bits per heavy atom. The molecule has 0 bridgehead atoms. The van der Waals surface area contributed by atoms with Gasteiger partial charge in [-0.25, -0.2) is 4.79 Å². The van der Waals surface area contributed by atoms with Crippen LogP contribution in [0.5, 0.6) is 0 Å². The second-order valence-electron chi connectivity index (χ2n) is 7.47. The van der Waals surface area contributed by atoms with Crippen molar-refractivity contribution in [2.75, 3.05) is 13.1 Å².